The molecular weight excluding hydrogens is 446 g/mol. The fourth-order valence-electron chi connectivity index (χ4n) is 3.38. The van der Waals surface area contributed by atoms with Gasteiger partial charge in [0, 0.05) is 43.1 Å². The molecule has 1 aliphatic heterocycles. The smallest absolute Gasteiger partial charge is 0.269 e. The van der Waals surface area contributed by atoms with Crippen molar-refractivity contribution in [2.24, 2.45) is 5.92 Å². The molecule has 166 valence electrons. The van der Waals surface area contributed by atoms with Gasteiger partial charge in [0.25, 0.3) is 5.69 Å². The molecule has 12 heteroatoms. The van der Waals surface area contributed by atoms with Gasteiger partial charge in [0.1, 0.15) is 4.90 Å². The normalized spacial score (nSPS) is 16.0. The standard InChI is InChI=1S/C19H21N3O7S2/c1-30(26,27)17-4-2-3-5-18(17)31(28,29)21-12-10-14(11-13-21)19(23)20-15-6-8-16(9-7-15)22(24)25/h2-9,14H,10-13H2,1H3,(H,20,23). The van der Waals surface area contributed by atoms with Crippen LogP contribution in [0.2, 0.25) is 0 Å². The van der Waals surface area contributed by atoms with Crippen LogP contribution in [-0.2, 0) is 24.7 Å². The monoisotopic (exact) mass is 467 g/mol. The van der Waals surface area contributed by atoms with E-state index in [4.69, 9.17) is 0 Å². The van der Waals surface area contributed by atoms with E-state index in [1.807, 2.05) is 0 Å². The number of carbonyl (C=O) groups excluding carboxylic acids is 1. The quantitative estimate of drug-likeness (QED) is 0.506. The Hall–Kier alpha value is -2.83. The van der Waals surface area contributed by atoms with Crippen LogP contribution in [0.4, 0.5) is 11.4 Å². The molecule has 1 N–H and O–H groups in total. The molecule has 1 heterocycles. The van der Waals surface area contributed by atoms with Crippen LogP contribution >= 0.6 is 0 Å². The minimum atomic E-state index is -4.04. The lowest BCUT2D eigenvalue weighted by atomic mass is 9.97. The van der Waals surface area contributed by atoms with E-state index in [-0.39, 0.29) is 47.3 Å². The number of non-ortho nitro benzene ring substituents is 1. The number of rotatable bonds is 6. The van der Waals surface area contributed by atoms with E-state index in [1.54, 1.807) is 0 Å². The van der Waals surface area contributed by atoms with Crippen molar-refractivity contribution in [1.29, 1.82) is 0 Å². The molecule has 1 aliphatic rings. The minimum Gasteiger partial charge on any atom is -0.326 e. The Morgan fingerprint density at radius 2 is 1.55 bits per heavy atom. The summed E-state index contributed by atoms with van der Waals surface area (Å²) < 4.78 is 51.2. The van der Waals surface area contributed by atoms with E-state index >= 15 is 0 Å². The van der Waals surface area contributed by atoms with Gasteiger partial charge in [-0.25, -0.2) is 16.8 Å². The number of nitrogens with one attached hydrogen (secondary N) is 1. The number of nitro benzene ring substituents is 1. The lowest BCUT2D eigenvalue weighted by Crippen LogP contribution is -2.41. The van der Waals surface area contributed by atoms with Gasteiger partial charge in [0.05, 0.1) is 9.82 Å². The molecular formula is C19H21N3O7S2. The van der Waals surface area contributed by atoms with Crippen LogP contribution in [0.1, 0.15) is 12.8 Å². The van der Waals surface area contributed by atoms with Crippen molar-refractivity contribution >= 4 is 37.1 Å². The van der Waals surface area contributed by atoms with E-state index in [2.05, 4.69) is 5.32 Å². The topological polar surface area (TPSA) is 144 Å². The van der Waals surface area contributed by atoms with Gasteiger partial charge >= 0.3 is 0 Å². The van der Waals surface area contributed by atoms with Crippen LogP contribution in [0, 0.1) is 16.0 Å². The highest BCUT2D eigenvalue weighted by Gasteiger charge is 2.34. The van der Waals surface area contributed by atoms with Gasteiger partial charge in [-0.15, -0.1) is 0 Å². The molecule has 10 nitrogen and oxygen atoms in total. The zero-order valence-corrected chi connectivity index (χ0v) is 18.2. The van der Waals surface area contributed by atoms with Gasteiger partial charge in [-0.3, -0.25) is 14.9 Å². The van der Waals surface area contributed by atoms with Gasteiger partial charge < -0.3 is 5.32 Å². The van der Waals surface area contributed by atoms with Crippen molar-refractivity contribution in [2.75, 3.05) is 24.7 Å². The zero-order chi connectivity index (χ0) is 22.8. The maximum absolute atomic E-state index is 13.0. The molecule has 1 saturated heterocycles. The van der Waals surface area contributed by atoms with E-state index in [9.17, 15) is 31.7 Å². The van der Waals surface area contributed by atoms with Gasteiger partial charge in [-0.2, -0.15) is 4.31 Å². The van der Waals surface area contributed by atoms with Crippen molar-refractivity contribution < 1.29 is 26.6 Å². The second kappa shape index (κ2) is 8.73. The van der Waals surface area contributed by atoms with Crippen molar-refractivity contribution in [1.82, 2.24) is 4.31 Å². The average Bonchev–Trinajstić information content (AvgIpc) is 2.73. The van der Waals surface area contributed by atoms with Crippen molar-refractivity contribution in [3.05, 3.63) is 58.6 Å². The number of anilines is 1. The van der Waals surface area contributed by atoms with Gasteiger partial charge in [0.2, 0.25) is 15.9 Å². The number of sulfonamides is 1. The van der Waals surface area contributed by atoms with E-state index < -0.39 is 30.7 Å². The van der Waals surface area contributed by atoms with E-state index in [1.165, 1.54) is 52.8 Å². The third-order valence-corrected chi connectivity index (χ3v) is 8.28. The molecule has 1 amide bonds. The summed E-state index contributed by atoms with van der Waals surface area (Å²) in [6.45, 7) is 0.136. The molecule has 3 rings (SSSR count). The molecule has 0 radical (unpaired) electrons. The first-order valence-corrected chi connectivity index (χ1v) is 12.7. The number of sulfone groups is 1. The van der Waals surface area contributed by atoms with Gasteiger partial charge in [-0.05, 0) is 37.1 Å². The summed E-state index contributed by atoms with van der Waals surface area (Å²) >= 11 is 0. The average molecular weight is 468 g/mol. The van der Waals surface area contributed by atoms with E-state index in [0.717, 1.165) is 6.26 Å². The number of carbonyl (C=O) groups is 1. The molecule has 0 saturated carbocycles. The summed E-state index contributed by atoms with van der Waals surface area (Å²) in [6.07, 6.45) is 1.48. The Bertz CT molecular complexity index is 1200. The SMILES string of the molecule is CS(=O)(=O)c1ccccc1S(=O)(=O)N1CCC(C(=O)Nc2ccc([N+](=O)[O-])cc2)CC1. The number of piperidine rings is 1. The molecule has 1 fully saturated rings. The van der Waals surface area contributed by atoms with E-state index in [0.29, 0.717) is 5.69 Å². The second-order valence-electron chi connectivity index (χ2n) is 7.19. The summed E-state index contributed by atoms with van der Waals surface area (Å²) in [6, 6.07) is 10.9. The second-order valence-corrected chi connectivity index (χ2v) is 11.1. The number of hydrogen-bond acceptors (Lipinski definition) is 7. The highest BCUT2D eigenvalue weighted by Crippen LogP contribution is 2.28. The molecule has 0 spiro atoms. The molecule has 0 atom stereocenters. The summed E-state index contributed by atoms with van der Waals surface area (Å²) in [5.74, 6) is -0.741. The summed E-state index contributed by atoms with van der Waals surface area (Å²) in [4.78, 5) is 22.1. The number of nitrogens with zero attached hydrogens (tertiary/aromatic N) is 2. The summed E-state index contributed by atoms with van der Waals surface area (Å²) in [5.41, 5.74) is 0.318. The highest BCUT2D eigenvalue weighted by atomic mass is 32.2. The molecule has 2 aromatic rings. The fraction of sp³-hybridized carbons (Fsp3) is 0.316. The van der Waals surface area contributed by atoms with Crippen LogP contribution in [0.5, 0.6) is 0 Å². The molecule has 0 unspecified atom stereocenters. The third kappa shape index (κ3) is 5.09. The Labute approximate surface area is 180 Å². The largest absolute Gasteiger partial charge is 0.326 e. The van der Waals surface area contributed by atoms with Crippen LogP contribution in [0.3, 0.4) is 0 Å². The van der Waals surface area contributed by atoms with Crippen molar-refractivity contribution in [3.8, 4) is 0 Å². The van der Waals surface area contributed by atoms with Gasteiger partial charge in [0.15, 0.2) is 9.84 Å². The van der Waals surface area contributed by atoms with Crippen LogP contribution < -0.4 is 5.32 Å². The Kier molecular flexibility index (Phi) is 6.43. The first-order valence-electron chi connectivity index (χ1n) is 9.34. The Morgan fingerprint density at radius 1 is 1.00 bits per heavy atom. The van der Waals surface area contributed by atoms with Crippen molar-refractivity contribution in [3.63, 3.8) is 0 Å². The van der Waals surface area contributed by atoms with Gasteiger partial charge in [-0.1, -0.05) is 12.1 Å². The number of nitro groups is 1. The summed E-state index contributed by atoms with van der Waals surface area (Å²) in [5, 5.41) is 13.4. The molecule has 0 bridgehead atoms. The maximum Gasteiger partial charge on any atom is 0.269 e. The lowest BCUT2D eigenvalue weighted by molar-refractivity contribution is -0.384. The van der Waals surface area contributed by atoms with Crippen LogP contribution in [0.15, 0.2) is 58.3 Å². The predicted octanol–water partition coefficient (Wildman–Crippen LogP) is 2.04. The zero-order valence-electron chi connectivity index (χ0n) is 16.6. The first kappa shape index (κ1) is 22.8. The highest BCUT2D eigenvalue weighted by molar-refractivity contribution is 7.93. The van der Waals surface area contributed by atoms with Crippen molar-refractivity contribution in [2.45, 2.75) is 22.6 Å². The molecule has 2 aromatic carbocycles. The number of hydrogen-bond donors (Lipinski definition) is 1. The first-order chi connectivity index (χ1) is 14.5. The van der Waals surface area contributed by atoms with Crippen LogP contribution in [-0.4, -0.2) is 51.3 Å². The molecule has 0 aliphatic carbocycles. The Morgan fingerprint density at radius 3 is 2.06 bits per heavy atom. The Balaban J connectivity index is 1.68. The molecule has 0 aromatic heterocycles. The predicted molar refractivity (Wildman–Crippen MR) is 113 cm³/mol. The summed E-state index contributed by atoms with van der Waals surface area (Å²) in [7, 11) is -7.77. The minimum absolute atomic E-state index is 0.0682. The lowest BCUT2D eigenvalue weighted by Gasteiger charge is -2.31. The maximum atomic E-state index is 13.0. The molecule has 31 heavy (non-hydrogen) atoms. The number of benzene rings is 2. The number of amides is 1. The third-order valence-electron chi connectivity index (χ3n) is 5.04. The van der Waals surface area contributed by atoms with Crippen LogP contribution in [0.25, 0.3) is 0 Å². The fourth-order valence-corrected chi connectivity index (χ4v) is 6.45.